The Labute approximate surface area is 228 Å². The van der Waals surface area contributed by atoms with Gasteiger partial charge in [0, 0.05) is 32.9 Å². The Morgan fingerprint density at radius 1 is 0.538 bits per heavy atom. The van der Waals surface area contributed by atoms with Crippen molar-refractivity contribution in [2.75, 3.05) is 4.90 Å². The van der Waals surface area contributed by atoms with Gasteiger partial charge in [-0.15, -0.1) is 0 Å². The Morgan fingerprint density at radius 3 is 2.15 bits per heavy atom. The van der Waals surface area contributed by atoms with Gasteiger partial charge in [0.1, 0.15) is 0 Å². The molecule has 0 spiro atoms. The van der Waals surface area contributed by atoms with Crippen LogP contribution in [0, 0.1) is 0 Å². The number of rotatable bonds is 2. The number of anilines is 3. The summed E-state index contributed by atoms with van der Waals surface area (Å²) < 4.78 is 0. The van der Waals surface area contributed by atoms with E-state index in [0.29, 0.717) is 0 Å². The van der Waals surface area contributed by atoms with Gasteiger partial charge in [-0.2, -0.15) is 0 Å². The van der Waals surface area contributed by atoms with Crippen LogP contribution in [0.5, 0.6) is 0 Å². The summed E-state index contributed by atoms with van der Waals surface area (Å²) in [5.74, 6) is 0. The molecule has 0 amide bonds. The van der Waals surface area contributed by atoms with Crippen molar-refractivity contribution in [3.63, 3.8) is 0 Å². The molecule has 1 aromatic heterocycles. The highest BCUT2D eigenvalue weighted by Crippen LogP contribution is 2.52. The van der Waals surface area contributed by atoms with Gasteiger partial charge in [0.05, 0.1) is 11.4 Å². The Morgan fingerprint density at radius 2 is 1.26 bits per heavy atom. The second-order valence-corrected chi connectivity index (χ2v) is 11.1. The monoisotopic (exact) mass is 500 g/mol. The van der Waals surface area contributed by atoms with E-state index in [4.69, 9.17) is 0 Å². The first-order valence-electron chi connectivity index (χ1n) is 13.6. The summed E-state index contributed by atoms with van der Waals surface area (Å²) in [6.45, 7) is 4.70. The quantitative estimate of drug-likeness (QED) is 0.250. The maximum Gasteiger partial charge on any atom is 0.0503 e. The Bertz CT molecular complexity index is 2050. The number of benzene rings is 6. The number of aromatic amines is 1. The highest BCUT2D eigenvalue weighted by molar-refractivity contribution is 6.20. The predicted molar refractivity (Wildman–Crippen MR) is 166 cm³/mol. The third kappa shape index (κ3) is 3.21. The van der Waals surface area contributed by atoms with Crippen molar-refractivity contribution in [3.8, 4) is 11.1 Å². The largest absolute Gasteiger partial charge is 0.354 e. The molecule has 1 N–H and O–H groups in total. The fourth-order valence-electron chi connectivity index (χ4n) is 6.59. The van der Waals surface area contributed by atoms with Gasteiger partial charge in [0.2, 0.25) is 0 Å². The molecule has 186 valence electrons. The van der Waals surface area contributed by atoms with Crippen molar-refractivity contribution in [1.29, 1.82) is 0 Å². The van der Waals surface area contributed by atoms with Crippen LogP contribution < -0.4 is 4.90 Å². The van der Waals surface area contributed by atoms with Gasteiger partial charge < -0.3 is 9.88 Å². The smallest absolute Gasteiger partial charge is 0.0503 e. The zero-order valence-corrected chi connectivity index (χ0v) is 22.1. The molecule has 0 fully saturated rings. The SMILES string of the molecule is CC1(C)c2ccccc2N(c2ccccc2)c2ccc(-c3ccc4c(c3)[nH]c3ccc5ccccc5c34)cc21. The standard InChI is InChI=1S/C37H28N2/c1-37(2)30-14-8-9-15-34(30)39(27-11-4-3-5-12-27)35-21-18-25(22-31(35)37)26-16-19-29-33(23-26)38-32-20-17-24-10-6-7-13-28(24)36(29)32/h3-23,38H,1-2H3. The number of nitrogens with zero attached hydrogens (tertiary/aromatic N) is 1. The number of nitrogens with one attached hydrogen (secondary N) is 1. The Hall–Kier alpha value is -4.82. The summed E-state index contributed by atoms with van der Waals surface area (Å²) in [7, 11) is 0. The first kappa shape index (κ1) is 22.2. The van der Waals surface area contributed by atoms with Gasteiger partial charge in [-0.3, -0.25) is 0 Å². The molecule has 1 aliphatic heterocycles. The molecule has 2 heterocycles. The lowest BCUT2D eigenvalue weighted by atomic mass is 9.73. The van der Waals surface area contributed by atoms with Crippen LogP contribution in [0.1, 0.15) is 25.0 Å². The topological polar surface area (TPSA) is 19.0 Å². The molecule has 0 radical (unpaired) electrons. The average Bonchev–Trinajstić information content (AvgIpc) is 3.36. The second-order valence-electron chi connectivity index (χ2n) is 11.1. The van der Waals surface area contributed by atoms with Gasteiger partial charge in [0.25, 0.3) is 0 Å². The summed E-state index contributed by atoms with van der Waals surface area (Å²) >= 11 is 0. The zero-order chi connectivity index (χ0) is 26.1. The van der Waals surface area contributed by atoms with Crippen molar-refractivity contribution in [2.24, 2.45) is 0 Å². The molecule has 7 aromatic rings. The molecule has 6 aromatic carbocycles. The third-order valence-corrected chi connectivity index (χ3v) is 8.56. The van der Waals surface area contributed by atoms with E-state index >= 15 is 0 Å². The molecule has 0 unspecified atom stereocenters. The molecule has 0 atom stereocenters. The van der Waals surface area contributed by atoms with E-state index in [0.717, 1.165) is 0 Å². The summed E-state index contributed by atoms with van der Waals surface area (Å²) in [4.78, 5) is 6.10. The minimum atomic E-state index is -0.128. The molecular formula is C37H28N2. The molecule has 39 heavy (non-hydrogen) atoms. The van der Waals surface area contributed by atoms with Crippen LogP contribution in [0.25, 0.3) is 43.7 Å². The third-order valence-electron chi connectivity index (χ3n) is 8.56. The van der Waals surface area contributed by atoms with Crippen molar-refractivity contribution in [2.45, 2.75) is 19.3 Å². The second kappa shape index (κ2) is 8.09. The van der Waals surface area contributed by atoms with Gasteiger partial charge in [-0.1, -0.05) is 98.8 Å². The number of fused-ring (bicyclic) bond motifs is 7. The van der Waals surface area contributed by atoms with Crippen molar-refractivity contribution in [3.05, 3.63) is 139 Å². The first-order valence-corrected chi connectivity index (χ1v) is 13.6. The molecule has 0 aliphatic carbocycles. The maximum atomic E-state index is 3.69. The fraction of sp³-hybridized carbons (Fsp3) is 0.0811. The van der Waals surface area contributed by atoms with Crippen molar-refractivity contribution >= 4 is 49.6 Å². The summed E-state index contributed by atoms with van der Waals surface area (Å²) in [6, 6.07) is 46.4. The lowest BCUT2D eigenvalue weighted by Crippen LogP contribution is -2.30. The number of aromatic nitrogens is 1. The number of hydrogen-bond acceptors (Lipinski definition) is 1. The van der Waals surface area contributed by atoms with E-state index in [1.165, 1.54) is 71.9 Å². The van der Waals surface area contributed by atoms with Crippen LogP contribution >= 0.6 is 0 Å². The van der Waals surface area contributed by atoms with E-state index in [2.05, 4.69) is 151 Å². The molecule has 0 bridgehead atoms. The molecule has 1 aliphatic rings. The van der Waals surface area contributed by atoms with Crippen LogP contribution in [0.2, 0.25) is 0 Å². The van der Waals surface area contributed by atoms with Crippen LogP contribution in [0.4, 0.5) is 17.1 Å². The Kier molecular flexibility index (Phi) is 4.60. The van der Waals surface area contributed by atoms with Crippen molar-refractivity contribution < 1.29 is 0 Å². The predicted octanol–water partition coefficient (Wildman–Crippen LogP) is 10.3. The van der Waals surface area contributed by atoms with E-state index in [-0.39, 0.29) is 5.41 Å². The minimum absolute atomic E-state index is 0.128. The highest BCUT2D eigenvalue weighted by atomic mass is 15.2. The van der Waals surface area contributed by atoms with Gasteiger partial charge in [-0.05, 0) is 75.5 Å². The Balaban J connectivity index is 1.31. The van der Waals surface area contributed by atoms with Crippen LogP contribution in [-0.4, -0.2) is 4.98 Å². The average molecular weight is 501 g/mol. The molecule has 2 heteroatoms. The molecule has 0 saturated heterocycles. The summed E-state index contributed by atoms with van der Waals surface area (Å²) in [5, 5.41) is 5.14. The molecular weight excluding hydrogens is 472 g/mol. The zero-order valence-electron chi connectivity index (χ0n) is 22.1. The normalized spacial score (nSPS) is 14.1. The number of hydrogen-bond donors (Lipinski definition) is 1. The van der Waals surface area contributed by atoms with E-state index in [9.17, 15) is 0 Å². The van der Waals surface area contributed by atoms with Crippen LogP contribution in [0.3, 0.4) is 0 Å². The molecule has 2 nitrogen and oxygen atoms in total. The number of para-hydroxylation sites is 2. The van der Waals surface area contributed by atoms with Crippen LogP contribution in [-0.2, 0) is 5.41 Å². The molecule has 0 saturated carbocycles. The van der Waals surface area contributed by atoms with Crippen molar-refractivity contribution in [1.82, 2.24) is 4.98 Å². The van der Waals surface area contributed by atoms with Crippen LogP contribution in [0.15, 0.2) is 127 Å². The van der Waals surface area contributed by atoms with Gasteiger partial charge >= 0.3 is 0 Å². The maximum absolute atomic E-state index is 3.69. The van der Waals surface area contributed by atoms with E-state index in [1.807, 2.05) is 0 Å². The summed E-state index contributed by atoms with van der Waals surface area (Å²) in [5.41, 5.74) is 11.0. The lowest BCUT2D eigenvalue weighted by molar-refractivity contribution is 0.632. The highest BCUT2D eigenvalue weighted by Gasteiger charge is 2.36. The number of H-pyrrole nitrogens is 1. The van der Waals surface area contributed by atoms with E-state index in [1.54, 1.807) is 0 Å². The fourth-order valence-corrected chi connectivity index (χ4v) is 6.59. The van der Waals surface area contributed by atoms with Gasteiger partial charge in [0.15, 0.2) is 0 Å². The summed E-state index contributed by atoms with van der Waals surface area (Å²) in [6.07, 6.45) is 0. The van der Waals surface area contributed by atoms with Gasteiger partial charge in [-0.25, -0.2) is 0 Å². The minimum Gasteiger partial charge on any atom is -0.354 e. The van der Waals surface area contributed by atoms with E-state index < -0.39 is 0 Å². The lowest BCUT2D eigenvalue weighted by Gasteiger charge is -2.42. The molecule has 8 rings (SSSR count). The first-order chi connectivity index (χ1) is 19.1.